The molecule has 1 N–H and O–H groups in total. The second kappa shape index (κ2) is 9.76. The van der Waals surface area contributed by atoms with Gasteiger partial charge in [0.2, 0.25) is 0 Å². The van der Waals surface area contributed by atoms with E-state index in [1.807, 2.05) is 20.9 Å². The van der Waals surface area contributed by atoms with E-state index in [2.05, 4.69) is 40.4 Å². The minimum Gasteiger partial charge on any atom is -0.372 e. The lowest BCUT2D eigenvalue weighted by atomic mass is 10.2. The summed E-state index contributed by atoms with van der Waals surface area (Å²) in [7, 11) is 1.83. The molecule has 0 radical (unpaired) electrons. The number of hydrogen-bond donors (Lipinski definition) is 1. The molecular formula is C13H24N4S. The van der Waals surface area contributed by atoms with Crippen molar-refractivity contribution in [1.29, 1.82) is 0 Å². The number of fused-ring (bicyclic) bond motifs is 1. The zero-order valence-corrected chi connectivity index (χ0v) is 13.0. The zero-order chi connectivity index (χ0) is 14.0. The summed E-state index contributed by atoms with van der Waals surface area (Å²) in [6.07, 6.45) is 4.61. The van der Waals surface area contributed by atoms with E-state index in [4.69, 9.17) is 0 Å². The average Bonchev–Trinajstić information content (AvgIpc) is 2.89. The van der Waals surface area contributed by atoms with Crippen LogP contribution >= 0.6 is 11.5 Å². The first-order chi connectivity index (χ1) is 8.69. The third kappa shape index (κ3) is 5.40. The van der Waals surface area contributed by atoms with Gasteiger partial charge in [0.25, 0.3) is 0 Å². The molecule has 0 aliphatic rings. The van der Waals surface area contributed by atoms with E-state index in [9.17, 15) is 0 Å². The van der Waals surface area contributed by atoms with E-state index in [-0.39, 0.29) is 0 Å². The molecule has 2 aromatic rings. The van der Waals surface area contributed by atoms with Gasteiger partial charge in [-0.3, -0.25) is 0 Å². The molecule has 2 rings (SSSR count). The number of anilines is 1. The molecule has 0 spiro atoms. The van der Waals surface area contributed by atoms with Crippen molar-refractivity contribution in [3.63, 3.8) is 0 Å². The summed E-state index contributed by atoms with van der Waals surface area (Å²) in [5.74, 6) is 1.72. The topological polar surface area (TPSA) is 50.7 Å². The molecule has 0 fully saturated rings. The van der Waals surface area contributed by atoms with Crippen LogP contribution in [0.4, 0.5) is 5.82 Å². The van der Waals surface area contributed by atoms with Crippen LogP contribution in [0.3, 0.4) is 0 Å². The molecule has 0 amide bonds. The van der Waals surface area contributed by atoms with Crippen molar-refractivity contribution in [2.24, 2.45) is 5.92 Å². The smallest absolute Gasteiger partial charge is 0.148 e. The molecule has 0 aliphatic heterocycles. The molecule has 0 atom stereocenters. The SMILES string of the molecule is CC.CCC(C)C.CNc1ncnc2sncc12. The van der Waals surface area contributed by atoms with E-state index in [0.717, 1.165) is 22.0 Å². The van der Waals surface area contributed by atoms with Crippen molar-refractivity contribution in [1.82, 2.24) is 14.3 Å². The van der Waals surface area contributed by atoms with Crippen LogP contribution in [0.1, 0.15) is 41.0 Å². The second-order valence-electron chi connectivity index (χ2n) is 3.82. The van der Waals surface area contributed by atoms with E-state index < -0.39 is 0 Å². The molecule has 2 aromatic heterocycles. The van der Waals surface area contributed by atoms with Crippen molar-refractivity contribution in [2.45, 2.75) is 41.0 Å². The van der Waals surface area contributed by atoms with Gasteiger partial charge in [0.15, 0.2) is 0 Å². The molecule has 102 valence electrons. The summed E-state index contributed by atoms with van der Waals surface area (Å²) in [4.78, 5) is 9.02. The average molecular weight is 268 g/mol. The summed E-state index contributed by atoms with van der Waals surface area (Å²) in [5, 5.41) is 3.96. The van der Waals surface area contributed by atoms with Crippen molar-refractivity contribution < 1.29 is 0 Å². The van der Waals surface area contributed by atoms with Crippen LogP contribution in [0.25, 0.3) is 10.2 Å². The maximum atomic E-state index is 4.05. The number of nitrogens with zero attached hydrogens (tertiary/aromatic N) is 3. The van der Waals surface area contributed by atoms with E-state index in [1.54, 1.807) is 6.20 Å². The summed E-state index contributed by atoms with van der Waals surface area (Å²) in [5.41, 5.74) is 0. The Balaban J connectivity index is 0.000000354. The van der Waals surface area contributed by atoms with Gasteiger partial charge in [0.05, 0.1) is 11.6 Å². The van der Waals surface area contributed by atoms with Crippen LogP contribution in [-0.4, -0.2) is 21.4 Å². The first-order valence-corrected chi connectivity index (χ1v) is 7.19. The van der Waals surface area contributed by atoms with Gasteiger partial charge in [-0.05, 0) is 17.5 Å². The minimum atomic E-state index is 0.837. The molecule has 5 heteroatoms. The first kappa shape index (κ1) is 16.8. The highest BCUT2D eigenvalue weighted by Crippen LogP contribution is 2.20. The van der Waals surface area contributed by atoms with Gasteiger partial charge in [-0.25, -0.2) is 9.97 Å². The van der Waals surface area contributed by atoms with Crippen LogP contribution in [0.15, 0.2) is 12.5 Å². The molecule has 4 nitrogen and oxygen atoms in total. The van der Waals surface area contributed by atoms with Gasteiger partial charge in [-0.15, -0.1) is 0 Å². The lowest BCUT2D eigenvalue weighted by Gasteiger charge is -1.96. The molecule has 0 aromatic carbocycles. The lowest BCUT2D eigenvalue weighted by Crippen LogP contribution is -1.92. The van der Waals surface area contributed by atoms with Gasteiger partial charge in [0, 0.05) is 7.05 Å². The number of aromatic nitrogens is 3. The summed E-state index contributed by atoms with van der Waals surface area (Å²) in [6.45, 7) is 10.6. The highest BCUT2D eigenvalue weighted by atomic mass is 32.1. The number of hydrogen-bond acceptors (Lipinski definition) is 5. The largest absolute Gasteiger partial charge is 0.372 e. The van der Waals surface area contributed by atoms with Crippen molar-refractivity contribution in [3.8, 4) is 0 Å². The van der Waals surface area contributed by atoms with Crippen molar-refractivity contribution >= 4 is 27.6 Å². The fourth-order valence-corrected chi connectivity index (χ4v) is 1.50. The molecule has 0 bridgehead atoms. The van der Waals surface area contributed by atoms with Gasteiger partial charge < -0.3 is 5.32 Å². The number of rotatable bonds is 2. The molecule has 0 saturated carbocycles. The highest BCUT2D eigenvalue weighted by Gasteiger charge is 2.01. The van der Waals surface area contributed by atoms with Crippen LogP contribution < -0.4 is 5.32 Å². The molecule has 0 aliphatic carbocycles. The molecular weight excluding hydrogens is 244 g/mol. The van der Waals surface area contributed by atoms with Crippen LogP contribution in [0, 0.1) is 5.92 Å². The maximum Gasteiger partial charge on any atom is 0.148 e. The molecule has 0 unspecified atom stereocenters. The van der Waals surface area contributed by atoms with Gasteiger partial charge in [-0.1, -0.05) is 41.0 Å². The van der Waals surface area contributed by atoms with Crippen LogP contribution in [0.5, 0.6) is 0 Å². The fourth-order valence-electron chi connectivity index (χ4n) is 0.897. The zero-order valence-electron chi connectivity index (χ0n) is 12.2. The summed E-state index contributed by atoms with van der Waals surface area (Å²) >= 11 is 1.38. The predicted molar refractivity (Wildman–Crippen MR) is 81.2 cm³/mol. The maximum absolute atomic E-state index is 4.05. The Kier molecular flexibility index (Phi) is 9.10. The third-order valence-electron chi connectivity index (χ3n) is 2.22. The third-order valence-corrected chi connectivity index (χ3v) is 2.93. The van der Waals surface area contributed by atoms with E-state index in [1.165, 1.54) is 24.3 Å². The summed E-state index contributed by atoms with van der Waals surface area (Å²) in [6, 6.07) is 0. The van der Waals surface area contributed by atoms with Crippen molar-refractivity contribution in [2.75, 3.05) is 12.4 Å². The van der Waals surface area contributed by atoms with Gasteiger partial charge >= 0.3 is 0 Å². The quantitative estimate of drug-likeness (QED) is 0.886. The summed E-state index contributed by atoms with van der Waals surface area (Å²) < 4.78 is 4.01. The Hall–Kier alpha value is -1.23. The Morgan fingerprint density at radius 2 is 1.89 bits per heavy atom. The second-order valence-corrected chi connectivity index (χ2v) is 4.60. The Bertz CT molecular complexity index is 426. The highest BCUT2D eigenvalue weighted by molar-refractivity contribution is 7.12. The Morgan fingerprint density at radius 3 is 2.39 bits per heavy atom. The Labute approximate surface area is 114 Å². The van der Waals surface area contributed by atoms with Crippen molar-refractivity contribution in [3.05, 3.63) is 12.5 Å². The van der Waals surface area contributed by atoms with Gasteiger partial charge in [-0.2, -0.15) is 4.37 Å². The van der Waals surface area contributed by atoms with E-state index in [0.29, 0.717) is 0 Å². The van der Waals surface area contributed by atoms with Gasteiger partial charge in [0.1, 0.15) is 17.0 Å². The Morgan fingerprint density at radius 1 is 1.28 bits per heavy atom. The monoisotopic (exact) mass is 268 g/mol. The minimum absolute atomic E-state index is 0.837. The predicted octanol–water partition coefficient (Wildman–Crippen LogP) is 4.21. The molecule has 0 saturated heterocycles. The molecule has 18 heavy (non-hydrogen) atoms. The lowest BCUT2D eigenvalue weighted by molar-refractivity contribution is 0.626. The van der Waals surface area contributed by atoms with Crippen LogP contribution in [0.2, 0.25) is 0 Å². The van der Waals surface area contributed by atoms with Crippen LogP contribution in [-0.2, 0) is 0 Å². The molecule has 2 heterocycles. The van der Waals surface area contributed by atoms with E-state index >= 15 is 0 Å². The fraction of sp³-hybridized carbons (Fsp3) is 0.615. The standard InChI is InChI=1S/C6H6N4S.C5H12.C2H6/c1-7-5-4-2-10-11-6(4)9-3-8-5;1-4-5(2)3;1-2/h2-3H,1H3,(H,7,8,9);5H,4H2,1-3H3;1-2H3. The first-order valence-electron chi connectivity index (χ1n) is 6.42. The number of nitrogens with one attached hydrogen (secondary N) is 1. The normalized spacial score (nSPS) is 9.28.